The zero-order chi connectivity index (χ0) is 37.8. The molecule has 0 radical (unpaired) electrons. The van der Waals surface area contributed by atoms with Crippen LogP contribution in [-0.4, -0.2) is 56.4 Å². The molecule has 0 bridgehead atoms. The fourth-order valence-electron chi connectivity index (χ4n) is 7.25. The summed E-state index contributed by atoms with van der Waals surface area (Å²) in [4.78, 5) is 5.47. The van der Waals surface area contributed by atoms with Crippen LogP contribution in [0.15, 0.2) is 60.8 Å². The van der Waals surface area contributed by atoms with E-state index in [1.807, 2.05) is 0 Å². The van der Waals surface area contributed by atoms with Crippen LogP contribution in [0, 0.1) is 20.8 Å². The van der Waals surface area contributed by atoms with E-state index in [-0.39, 0.29) is 31.9 Å². The first kappa shape index (κ1) is 45.1. The van der Waals surface area contributed by atoms with Gasteiger partial charge in [0.2, 0.25) is 0 Å². The standard InChI is InChI=1S/C38H45N4.3C2H6N.Hf/c1-23(2)28-16-13-17-29(24(3)4)36(28)40-37(35-26(6)20-25(5)21-27(35)7)38-39-34(22-41(38)8)42-32-18-11-9-14-30(32)31-15-10-12-19-33(31)42;3*1-3-2;/h9,11,13-14,16-18,20-24,37H,10,12,15,19H2,1-8H3;3*1-2H3;/q4*-1;+4. The predicted octanol–water partition coefficient (Wildman–Crippen LogP) is 12.1. The van der Waals surface area contributed by atoms with Crippen LogP contribution in [0.5, 0.6) is 0 Å². The Hall–Kier alpha value is -3.04. The molecule has 0 N–H and O–H groups in total. The Bertz CT molecular complexity index is 1780. The van der Waals surface area contributed by atoms with Crippen LogP contribution in [0.25, 0.3) is 38.0 Å². The Kier molecular flexibility index (Phi) is 18.7. The van der Waals surface area contributed by atoms with Crippen molar-refractivity contribution >= 4 is 16.6 Å². The summed E-state index contributed by atoms with van der Waals surface area (Å²) in [6.45, 7) is 15.7. The van der Waals surface area contributed by atoms with Crippen LogP contribution < -0.4 is 0 Å². The van der Waals surface area contributed by atoms with Crippen molar-refractivity contribution in [2.45, 2.75) is 92.0 Å². The third kappa shape index (κ3) is 10.6. The van der Waals surface area contributed by atoms with Crippen LogP contribution in [0.2, 0.25) is 0 Å². The van der Waals surface area contributed by atoms with E-state index < -0.39 is 0 Å². The maximum atomic E-state index is 5.71. The fourth-order valence-corrected chi connectivity index (χ4v) is 7.25. The van der Waals surface area contributed by atoms with Crippen molar-refractivity contribution in [3.63, 3.8) is 0 Å². The predicted molar refractivity (Wildman–Crippen MR) is 222 cm³/mol. The van der Waals surface area contributed by atoms with Gasteiger partial charge >= 0.3 is 25.8 Å². The van der Waals surface area contributed by atoms with Gasteiger partial charge in [-0.2, -0.15) is 42.3 Å². The number of aromatic nitrogens is 3. The summed E-state index contributed by atoms with van der Waals surface area (Å²) in [5.74, 6) is 2.72. The number of fused-ring (bicyclic) bond motifs is 3. The number of hydrogen-bond donors (Lipinski definition) is 0. The van der Waals surface area contributed by atoms with Gasteiger partial charge < -0.3 is 25.8 Å². The molecule has 0 fully saturated rings. The van der Waals surface area contributed by atoms with Crippen LogP contribution in [0.4, 0.5) is 5.69 Å². The van der Waals surface area contributed by atoms with Crippen molar-refractivity contribution in [2.24, 2.45) is 7.05 Å². The molecule has 1 unspecified atom stereocenters. The Labute approximate surface area is 334 Å². The average Bonchev–Trinajstić information content (AvgIpc) is 3.62. The maximum absolute atomic E-state index is 5.71. The molecular formula is C44H63HfN7. The summed E-state index contributed by atoms with van der Waals surface area (Å²) in [5.41, 5.74) is 13.0. The van der Waals surface area contributed by atoms with Gasteiger partial charge in [-0.3, -0.25) is 4.57 Å². The molecule has 7 nitrogen and oxygen atoms in total. The minimum atomic E-state index is -0.223. The summed E-state index contributed by atoms with van der Waals surface area (Å²) in [5, 5.41) is 17.6. The Morgan fingerprint density at radius 3 is 1.77 bits per heavy atom. The molecule has 1 aliphatic rings. The second kappa shape index (κ2) is 21.6. The summed E-state index contributed by atoms with van der Waals surface area (Å²) in [7, 11) is 12.6. The summed E-state index contributed by atoms with van der Waals surface area (Å²) < 4.78 is 4.65. The number of hydrogen-bond acceptors (Lipinski definition) is 1. The van der Waals surface area contributed by atoms with Crippen molar-refractivity contribution in [1.29, 1.82) is 0 Å². The second-order valence-corrected chi connectivity index (χ2v) is 14.3. The van der Waals surface area contributed by atoms with E-state index >= 15 is 0 Å². The minimum absolute atomic E-state index is 0. The molecule has 8 heteroatoms. The van der Waals surface area contributed by atoms with Gasteiger partial charge in [0.1, 0.15) is 5.82 Å². The van der Waals surface area contributed by atoms with E-state index in [1.165, 1.54) is 68.4 Å². The largest absolute Gasteiger partial charge is 4.00 e. The van der Waals surface area contributed by atoms with Gasteiger partial charge in [0, 0.05) is 24.3 Å². The van der Waals surface area contributed by atoms with E-state index in [4.69, 9.17) is 10.3 Å². The molecule has 1 aliphatic carbocycles. The van der Waals surface area contributed by atoms with E-state index in [1.54, 1.807) is 42.3 Å². The number of nitrogens with zero attached hydrogens (tertiary/aromatic N) is 7. The van der Waals surface area contributed by atoms with Crippen LogP contribution in [-0.2, 0) is 45.7 Å². The maximum Gasteiger partial charge on any atom is 4.00 e. The van der Waals surface area contributed by atoms with E-state index in [2.05, 4.69) is 141 Å². The number of para-hydroxylation sites is 2. The van der Waals surface area contributed by atoms with Crippen molar-refractivity contribution in [1.82, 2.24) is 14.1 Å². The van der Waals surface area contributed by atoms with E-state index in [9.17, 15) is 0 Å². The fraction of sp³-hybridized carbons (Fsp3) is 0.477. The molecule has 6 rings (SSSR count). The van der Waals surface area contributed by atoms with Gasteiger partial charge in [-0.15, -0.1) is 5.69 Å². The molecule has 278 valence electrons. The Morgan fingerprint density at radius 1 is 0.712 bits per heavy atom. The second-order valence-electron chi connectivity index (χ2n) is 14.3. The van der Waals surface area contributed by atoms with Gasteiger partial charge in [-0.1, -0.05) is 92.9 Å². The molecule has 0 aliphatic heterocycles. The molecule has 0 saturated carbocycles. The number of benzene rings is 3. The molecule has 52 heavy (non-hydrogen) atoms. The molecule has 2 aromatic heterocycles. The van der Waals surface area contributed by atoms with Crippen molar-refractivity contribution < 1.29 is 25.8 Å². The molecule has 0 amide bonds. The van der Waals surface area contributed by atoms with Crippen LogP contribution >= 0.6 is 0 Å². The SMILES string of the molecule is C[N-]C.C[N-]C.C[N-]C.Cc1cc(C)c(C([N-]c2c(C(C)C)cccc2C(C)C)c2nc(-n3c4c(c5ccccc53)CCCC4)cn2C)c(C)c1.[Hf+4]. The summed E-state index contributed by atoms with van der Waals surface area (Å²) in [6, 6.07) is 19.9. The first-order valence-corrected chi connectivity index (χ1v) is 18.4. The summed E-state index contributed by atoms with van der Waals surface area (Å²) in [6.07, 6.45) is 6.95. The van der Waals surface area contributed by atoms with Gasteiger partial charge in [-0.05, 0) is 92.7 Å². The monoisotopic (exact) mass is 869 g/mol. The smallest absolute Gasteiger partial charge is 0.671 e. The van der Waals surface area contributed by atoms with Crippen molar-refractivity contribution in [3.8, 4) is 5.82 Å². The number of aryl methyl sites for hydroxylation is 5. The van der Waals surface area contributed by atoms with Gasteiger partial charge in [0.15, 0.2) is 5.82 Å². The molecule has 0 spiro atoms. The third-order valence-corrected chi connectivity index (χ3v) is 9.16. The van der Waals surface area contributed by atoms with Gasteiger partial charge in [0.05, 0.1) is 5.52 Å². The van der Waals surface area contributed by atoms with Crippen LogP contribution in [0.1, 0.15) is 109 Å². The topological polar surface area (TPSA) is 79.2 Å². The zero-order valence-electron chi connectivity index (χ0n) is 34.5. The number of rotatable bonds is 7. The molecule has 1 atom stereocenters. The molecule has 3 aromatic carbocycles. The Balaban J connectivity index is 0.000000852. The molecular weight excluding hydrogens is 805 g/mol. The van der Waals surface area contributed by atoms with Crippen molar-refractivity contribution in [3.05, 3.63) is 133 Å². The zero-order valence-corrected chi connectivity index (χ0v) is 38.1. The first-order chi connectivity index (χ1) is 24.4. The van der Waals surface area contributed by atoms with Crippen molar-refractivity contribution in [2.75, 3.05) is 42.3 Å². The average molecular weight is 869 g/mol. The molecule has 2 heterocycles. The molecule has 5 aromatic rings. The van der Waals surface area contributed by atoms with E-state index in [0.717, 1.165) is 30.2 Å². The van der Waals surface area contributed by atoms with Crippen LogP contribution in [0.3, 0.4) is 0 Å². The first-order valence-electron chi connectivity index (χ1n) is 18.4. The normalized spacial score (nSPS) is 12.5. The van der Waals surface area contributed by atoms with Gasteiger partial charge in [0.25, 0.3) is 0 Å². The van der Waals surface area contributed by atoms with Gasteiger partial charge in [-0.25, -0.2) is 4.98 Å². The quantitative estimate of drug-likeness (QED) is 0.150. The summed E-state index contributed by atoms with van der Waals surface area (Å²) >= 11 is 0. The Morgan fingerprint density at radius 2 is 1.23 bits per heavy atom. The molecule has 0 saturated heterocycles. The number of imidazole rings is 1. The third-order valence-electron chi connectivity index (χ3n) is 9.16. The minimum Gasteiger partial charge on any atom is -0.671 e. The van der Waals surface area contributed by atoms with E-state index in [0.29, 0.717) is 11.8 Å².